The fraction of sp³-hybridized carbons (Fsp3) is 0.273. The van der Waals surface area contributed by atoms with Crippen LogP contribution in [-0.2, 0) is 18.3 Å². The van der Waals surface area contributed by atoms with Crippen molar-refractivity contribution in [2.45, 2.75) is 13.3 Å². The normalized spacial score (nSPS) is 10.6. The highest BCUT2D eigenvalue weighted by molar-refractivity contribution is 7.13. The summed E-state index contributed by atoms with van der Waals surface area (Å²) >= 11 is 1.63. The van der Waals surface area contributed by atoms with Crippen molar-refractivity contribution in [2.75, 3.05) is 0 Å². The van der Waals surface area contributed by atoms with E-state index in [9.17, 15) is 4.79 Å². The Bertz CT molecular complexity index is 514. The van der Waals surface area contributed by atoms with Gasteiger partial charge in [0, 0.05) is 7.05 Å². The first-order valence-electron chi connectivity index (χ1n) is 4.87. The molecule has 0 bridgehead atoms. The first-order valence-corrected chi connectivity index (χ1v) is 5.75. The van der Waals surface area contributed by atoms with E-state index in [0.717, 1.165) is 16.1 Å². The summed E-state index contributed by atoms with van der Waals surface area (Å²) in [5.41, 5.74) is 2.59. The molecule has 0 unspecified atom stereocenters. The molecule has 0 radical (unpaired) electrons. The maximum absolute atomic E-state index is 10.7. The molecule has 0 aliphatic rings. The summed E-state index contributed by atoms with van der Waals surface area (Å²) in [6.45, 7) is 1.92. The van der Waals surface area contributed by atoms with Crippen molar-refractivity contribution in [2.24, 2.45) is 7.05 Å². The van der Waals surface area contributed by atoms with Gasteiger partial charge in [-0.3, -0.25) is 9.48 Å². The van der Waals surface area contributed by atoms with Gasteiger partial charge in [0.1, 0.15) is 0 Å². The van der Waals surface area contributed by atoms with Crippen LogP contribution in [0.25, 0.3) is 10.6 Å². The van der Waals surface area contributed by atoms with E-state index in [4.69, 9.17) is 5.11 Å². The molecule has 0 amide bonds. The van der Waals surface area contributed by atoms with Crippen LogP contribution in [0.4, 0.5) is 0 Å². The Morgan fingerprint density at radius 1 is 1.62 bits per heavy atom. The van der Waals surface area contributed by atoms with Gasteiger partial charge < -0.3 is 5.11 Å². The van der Waals surface area contributed by atoms with Crippen molar-refractivity contribution < 1.29 is 9.90 Å². The van der Waals surface area contributed by atoms with E-state index in [-0.39, 0.29) is 6.42 Å². The third kappa shape index (κ3) is 1.86. The van der Waals surface area contributed by atoms with Gasteiger partial charge in [0.05, 0.1) is 22.7 Å². The number of aliphatic carboxylic acids is 1. The fourth-order valence-electron chi connectivity index (χ4n) is 1.75. The van der Waals surface area contributed by atoms with Gasteiger partial charge >= 0.3 is 5.97 Å². The van der Waals surface area contributed by atoms with Gasteiger partial charge in [-0.1, -0.05) is 6.07 Å². The monoisotopic (exact) mass is 236 g/mol. The average molecular weight is 236 g/mol. The van der Waals surface area contributed by atoms with Gasteiger partial charge in [0.2, 0.25) is 0 Å². The summed E-state index contributed by atoms with van der Waals surface area (Å²) < 4.78 is 1.75. The van der Waals surface area contributed by atoms with Gasteiger partial charge in [0.15, 0.2) is 0 Å². The van der Waals surface area contributed by atoms with Crippen LogP contribution in [0, 0.1) is 6.92 Å². The van der Waals surface area contributed by atoms with Crippen LogP contribution in [-0.4, -0.2) is 20.9 Å². The van der Waals surface area contributed by atoms with Gasteiger partial charge in [-0.2, -0.15) is 5.10 Å². The Morgan fingerprint density at radius 2 is 2.38 bits per heavy atom. The fourth-order valence-corrected chi connectivity index (χ4v) is 2.61. The molecule has 1 N–H and O–H groups in total. The smallest absolute Gasteiger partial charge is 0.309 e. The number of nitrogens with zero attached hydrogens (tertiary/aromatic N) is 2. The molecule has 2 rings (SSSR count). The molecule has 4 nitrogen and oxygen atoms in total. The Kier molecular flexibility index (Phi) is 2.78. The number of carboxylic acid groups (broad SMARTS) is 1. The molecule has 0 saturated heterocycles. The van der Waals surface area contributed by atoms with Crippen LogP contribution in [0.3, 0.4) is 0 Å². The van der Waals surface area contributed by atoms with Gasteiger partial charge in [-0.05, 0) is 23.9 Å². The van der Waals surface area contributed by atoms with E-state index >= 15 is 0 Å². The second-order valence-corrected chi connectivity index (χ2v) is 4.54. The molecule has 2 aromatic heterocycles. The molecule has 16 heavy (non-hydrogen) atoms. The number of aryl methyl sites for hydroxylation is 1. The lowest BCUT2D eigenvalue weighted by Gasteiger charge is -1.99. The minimum Gasteiger partial charge on any atom is -0.481 e. The zero-order valence-corrected chi connectivity index (χ0v) is 9.91. The third-order valence-electron chi connectivity index (χ3n) is 2.46. The predicted molar refractivity (Wildman–Crippen MR) is 62.6 cm³/mol. The van der Waals surface area contributed by atoms with Crippen LogP contribution in [0.1, 0.15) is 11.3 Å². The Balaban J connectivity index is 2.47. The first-order chi connectivity index (χ1) is 7.59. The number of rotatable bonds is 3. The van der Waals surface area contributed by atoms with E-state index < -0.39 is 5.97 Å². The quantitative estimate of drug-likeness (QED) is 0.887. The van der Waals surface area contributed by atoms with E-state index in [2.05, 4.69) is 5.10 Å². The van der Waals surface area contributed by atoms with Crippen LogP contribution in [0.2, 0.25) is 0 Å². The molecule has 0 aromatic carbocycles. The maximum atomic E-state index is 10.7. The lowest BCUT2D eigenvalue weighted by atomic mass is 10.1. The Labute approximate surface area is 97.2 Å². The number of carbonyl (C=O) groups is 1. The van der Waals surface area contributed by atoms with E-state index in [1.54, 1.807) is 16.0 Å². The van der Waals surface area contributed by atoms with Crippen LogP contribution >= 0.6 is 11.3 Å². The molecule has 2 aromatic rings. The number of aromatic nitrogens is 2. The summed E-state index contributed by atoms with van der Waals surface area (Å²) in [5, 5.41) is 15.0. The van der Waals surface area contributed by atoms with Crippen molar-refractivity contribution in [3.05, 3.63) is 28.8 Å². The van der Waals surface area contributed by atoms with E-state index in [1.807, 2.05) is 31.5 Å². The topological polar surface area (TPSA) is 55.1 Å². The molecule has 0 saturated carbocycles. The van der Waals surface area contributed by atoms with Crippen molar-refractivity contribution in [3.8, 4) is 10.6 Å². The lowest BCUT2D eigenvalue weighted by molar-refractivity contribution is -0.136. The van der Waals surface area contributed by atoms with E-state index in [1.165, 1.54) is 0 Å². The van der Waals surface area contributed by atoms with Gasteiger partial charge in [-0.25, -0.2) is 0 Å². The number of thiophene rings is 1. The molecule has 0 fully saturated rings. The molecular formula is C11H12N2O2S. The predicted octanol–water partition coefficient (Wildman–Crippen LogP) is 2.08. The number of hydrogen-bond acceptors (Lipinski definition) is 3. The highest BCUT2D eigenvalue weighted by Crippen LogP contribution is 2.29. The van der Waals surface area contributed by atoms with E-state index in [0.29, 0.717) is 5.69 Å². The number of carboxylic acids is 1. The van der Waals surface area contributed by atoms with Crippen molar-refractivity contribution in [1.82, 2.24) is 9.78 Å². The second-order valence-electron chi connectivity index (χ2n) is 3.59. The highest BCUT2D eigenvalue weighted by atomic mass is 32.1. The largest absolute Gasteiger partial charge is 0.481 e. The summed E-state index contributed by atoms with van der Waals surface area (Å²) in [6, 6.07) is 3.99. The van der Waals surface area contributed by atoms with Gasteiger partial charge in [-0.15, -0.1) is 11.3 Å². The van der Waals surface area contributed by atoms with Crippen LogP contribution in [0.15, 0.2) is 17.5 Å². The molecular weight excluding hydrogens is 224 g/mol. The molecule has 5 heteroatoms. The number of hydrogen-bond donors (Lipinski definition) is 1. The zero-order valence-electron chi connectivity index (χ0n) is 9.10. The molecule has 0 aliphatic heterocycles. The molecule has 0 spiro atoms. The highest BCUT2D eigenvalue weighted by Gasteiger charge is 2.16. The lowest BCUT2D eigenvalue weighted by Crippen LogP contribution is -2.02. The van der Waals surface area contributed by atoms with Crippen molar-refractivity contribution in [1.29, 1.82) is 0 Å². The summed E-state index contributed by atoms with van der Waals surface area (Å²) in [6.07, 6.45) is -0.0228. The van der Waals surface area contributed by atoms with Crippen molar-refractivity contribution in [3.63, 3.8) is 0 Å². The standard InChI is InChI=1S/C11H12N2O2S/c1-7-8(6-10(14)15)12-13(2)11(7)9-4-3-5-16-9/h3-5H,6H2,1-2H3,(H,14,15). The molecule has 84 valence electrons. The minimum absolute atomic E-state index is 0.0228. The summed E-state index contributed by atoms with van der Waals surface area (Å²) in [5.74, 6) is -0.848. The summed E-state index contributed by atoms with van der Waals surface area (Å²) in [4.78, 5) is 11.8. The Hall–Kier alpha value is -1.62. The van der Waals surface area contributed by atoms with Crippen LogP contribution in [0.5, 0.6) is 0 Å². The molecule has 0 atom stereocenters. The minimum atomic E-state index is -0.848. The second kappa shape index (κ2) is 4.09. The first kappa shape index (κ1) is 10.9. The SMILES string of the molecule is Cc1c(CC(=O)O)nn(C)c1-c1cccs1. The van der Waals surface area contributed by atoms with Gasteiger partial charge in [0.25, 0.3) is 0 Å². The Morgan fingerprint density at radius 3 is 2.94 bits per heavy atom. The third-order valence-corrected chi connectivity index (χ3v) is 3.33. The summed E-state index contributed by atoms with van der Waals surface area (Å²) in [7, 11) is 1.84. The average Bonchev–Trinajstić information content (AvgIpc) is 2.76. The maximum Gasteiger partial charge on any atom is 0.309 e. The van der Waals surface area contributed by atoms with Crippen LogP contribution < -0.4 is 0 Å². The zero-order chi connectivity index (χ0) is 11.7. The molecule has 2 heterocycles. The van der Waals surface area contributed by atoms with Crippen molar-refractivity contribution >= 4 is 17.3 Å². The molecule has 0 aliphatic carbocycles.